The summed E-state index contributed by atoms with van der Waals surface area (Å²) in [5.74, 6) is 0.621. The van der Waals surface area contributed by atoms with E-state index in [-0.39, 0.29) is 25.3 Å². The molecule has 0 amide bonds. The van der Waals surface area contributed by atoms with Crippen LogP contribution >= 0.6 is 0 Å². The molecule has 1 aliphatic rings. The minimum atomic E-state index is -0.757. The van der Waals surface area contributed by atoms with E-state index in [0.717, 1.165) is 88.9 Å². The van der Waals surface area contributed by atoms with Gasteiger partial charge >= 0.3 is 12.3 Å². The highest BCUT2D eigenvalue weighted by Crippen LogP contribution is 2.47. The number of rotatable bonds is 18. The average molecular weight is 631 g/mol. The molecule has 0 unspecified atom stereocenters. The van der Waals surface area contributed by atoms with Crippen LogP contribution in [0.15, 0.2) is 35.9 Å². The molecule has 0 aromatic heterocycles. The van der Waals surface area contributed by atoms with E-state index in [4.69, 9.17) is 18.9 Å². The molecule has 0 aliphatic heterocycles. The lowest BCUT2D eigenvalue weighted by Gasteiger charge is -2.35. The van der Waals surface area contributed by atoms with E-state index in [1.165, 1.54) is 5.57 Å². The largest absolute Gasteiger partial charge is 0.518 e. The monoisotopic (exact) mass is 630 g/mol. The summed E-state index contributed by atoms with van der Waals surface area (Å²) in [4.78, 5) is 26.6. The fourth-order valence-electron chi connectivity index (χ4n) is 6.29. The highest BCUT2D eigenvalue weighted by atomic mass is 16.7. The van der Waals surface area contributed by atoms with Gasteiger partial charge < -0.3 is 18.9 Å². The third-order valence-corrected chi connectivity index (χ3v) is 10.3. The molecule has 1 aromatic carbocycles. The molecule has 0 heterocycles. The molecule has 0 bridgehead atoms. The standard InChI is InChI=1S/C37H62N2O6/c1-11-18-19-20-30-24-33(44-36(40)42-26-38(12-2,13-3)14-4)35(32-23-29(10)21-22-31(32)28(8)9)34(25-30)45-37(41)43-27-39(15-5,16-6)17-7/h23-25,31-32H,8,11-22,26-27H2,1-7,9-10H3/q+2/t31-,32+/m0/s1. The molecule has 0 N–H and O–H groups in total. The van der Waals surface area contributed by atoms with Gasteiger partial charge in [-0.3, -0.25) is 8.97 Å². The van der Waals surface area contributed by atoms with E-state index in [1.807, 2.05) is 19.1 Å². The van der Waals surface area contributed by atoms with Crippen LogP contribution in [-0.4, -0.2) is 74.0 Å². The van der Waals surface area contributed by atoms with Gasteiger partial charge in [0.2, 0.25) is 13.5 Å². The van der Waals surface area contributed by atoms with Crippen molar-refractivity contribution in [2.45, 2.75) is 107 Å². The second-order valence-electron chi connectivity index (χ2n) is 12.8. The molecule has 0 saturated carbocycles. The van der Waals surface area contributed by atoms with Crippen molar-refractivity contribution >= 4 is 12.3 Å². The third-order valence-electron chi connectivity index (χ3n) is 10.3. The smallest absolute Gasteiger partial charge is 0.394 e. The molecular weight excluding hydrogens is 568 g/mol. The summed E-state index contributed by atoms with van der Waals surface area (Å²) < 4.78 is 24.9. The second kappa shape index (κ2) is 18.3. The van der Waals surface area contributed by atoms with Gasteiger partial charge in [-0.15, -0.1) is 0 Å². The maximum atomic E-state index is 13.3. The molecule has 0 spiro atoms. The second-order valence-corrected chi connectivity index (χ2v) is 12.8. The molecule has 0 fully saturated rings. The number of ether oxygens (including phenoxy) is 4. The number of unbranched alkanes of at least 4 members (excludes halogenated alkanes) is 2. The van der Waals surface area contributed by atoms with Crippen LogP contribution in [0.2, 0.25) is 0 Å². The Bertz CT molecular complexity index is 1080. The molecule has 8 nitrogen and oxygen atoms in total. The number of hydrogen-bond acceptors (Lipinski definition) is 6. The first kappa shape index (κ1) is 38.3. The lowest BCUT2D eigenvalue weighted by atomic mass is 9.73. The van der Waals surface area contributed by atoms with Gasteiger partial charge in [-0.25, -0.2) is 9.59 Å². The summed E-state index contributed by atoms with van der Waals surface area (Å²) in [7, 11) is 0. The fourth-order valence-corrected chi connectivity index (χ4v) is 6.29. The molecule has 45 heavy (non-hydrogen) atoms. The van der Waals surface area contributed by atoms with Gasteiger partial charge in [0.15, 0.2) is 0 Å². The first-order valence-corrected chi connectivity index (χ1v) is 17.3. The van der Waals surface area contributed by atoms with Crippen LogP contribution in [0.3, 0.4) is 0 Å². The minimum absolute atomic E-state index is 0.0885. The predicted molar refractivity (Wildman–Crippen MR) is 181 cm³/mol. The number of quaternary nitrogens is 2. The SMILES string of the molecule is C=C(C)[C@@H]1CCC(C)=C[C@H]1c1c(OC(=O)OC[N+](CC)(CC)CC)cc(CCCCC)cc1OC(=O)OC[N+](CC)(CC)CC. The zero-order chi connectivity index (χ0) is 33.6. The maximum Gasteiger partial charge on any atom is 0.518 e. The number of benzene rings is 1. The summed E-state index contributed by atoms with van der Waals surface area (Å²) in [5, 5.41) is 0. The molecule has 254 valence electrons. The van der Waals surface area contributed by atoms with Crippen LogP contribution in [0.1, 0.15) is 111 Å². The minimum Gasteiger partial charge on any atom is -0.394 e. The van der Waals surface area contributed by atoms with E-state index < -0.39 is 12.3 Å². The van der Waals surface area contributed by atoms with Crippen molar-refractivity contribution in [3.63, 3.8) is 0 Å². The molecule has 1 aliphatic carbocycles. The van der Waals surface area contributed by atoms with E-state index in [1.54, 1.807) is 0 Å². The lowest BCUT2D eigenvalue weighted by Crippen LogP contribution is -2.49. The van der Waals surface area contributed by atoms with Crippen molar-refractivity contribution in [2.24, 2.45) is 5.92 Å². The Morgan fingerprint density at radius 3 is 1.67 bits per heavy atom. The summed E-state index contributed by atoms with van der Waals surface area (Å²) in [6, 6.07) is 3.85. The van der Waals surface area contributed by atoms with Gasteiger partial charge in [0, 0.05) is 11.5 Å². The van der Waals surface area contributed by atoms with Crippen molar-refractivity contribution in [3.05, 3.63) is 47.1 Å². The fraction of sp³-hybridized carbons (Fsp3) is 0.676. The normalized spacial score (nSPS) is 17.0. The van der Waals surface area contributed by atoms with Crippen LogP contribution in [0.25, 0.3) is 0 Å². The van der Waals surface area contributed by atoms with Gasteiger partial charge in [-0.05, 0) is 105 Å². The Balaban J connectivity index is 2.62. The number of carbonyl (C=O) groups is 2. The number of allylic oxidation sites excluding steroid dienone is 3. The van der Waals surface area contributed by atoms with Crippen molar-refractivity contribution in [1.29, 1.82) is 0 Å². The van der Waals surface area contributed by atoms with Crippen LogP contribution in [0.4, 0.5) is 9.59 Å². The van der Waals surface area contributed by atoms with Crippen molar-refractivity contribution < 1.29 is 37.5 Å². The zero-order valence-electron chi connectivity index (χ0n) is 29.8. The molecule has 2 atom stereocenters. The number of hydrogen-bond donors (Lipinski definition) is 0. The number of carbonyl (C=O) groups excluding carboxylic acids is 2. The van der Waals surface area contributed by atoms with E-state index in [0.29, 0.717) is 26.0 Å². The van der Waals surface area contributed by atoms with E-state index >= 15 is 0 Å². The van der Waals surface area contributed by atoms with Gasteiger partial charge in [0.05, 0.1) is 39.3 Å². The van der Waals surface area contributed by atoms with E-state index in [9.17, 15) is 9.59 Å². The third kappa shape index (κ3) is 10.6. The maximum absolute atomic E-state index is 13.3. The molecule has 0 saturated heterocycles. The van der Waals surface area contributed by atoms with Crippen molar-refractivity contribution in [2.75, 3.05) is 52.7 Å². The van der Waals surface area contributed by atoms with Crippen molar-refractivity contribution in [3.8, 4) is 11.5 Å². The lowest BCUT2D eigenvalue weighted by molar-refractivity contribution is -0.939. The predicted octanol–water partition coefficient (Wildman–Crippen LogP) is 9.13. The molecular formula is C37H62N2O6+2. The highest BCUT2D eigenvalue weighted by Gasteiger charge is 2.34. The van der Waals surface area contributed by atoms with Crippen LogP contribution in [-0.2, 0) is 15.9 Å². The summed E-state index contributed by atoms with van der Waals surface area (Å²) in [5.41, 5.74) is 3.85. The first-order valence-electron chi connectivity index (χ1n) is 17.3. The topological polar surface area (TPSA) is 71.1 Å². The van der Waals surface area contributed by atoms with Gasteiger partial charge in [0.1, 0.15) is 11.5 Å². The molecule has 0 radical (unpaired) electrons. The van der Waals surface area contributed by atoms with Crippen LogP contribution in [0.5, 0.6) is 11.5 Å². The summed E-state index contributed by atoms with van der Waals surface area (Å²) >= 11 is 0. The zero-order valence-corrected chi connectivity index (χ0v) is 29.8. The van der Waals surface area contributed by atoms with Gasteiger partial charge in [0.25, 0.3) is 0 Å². The Labute approximate surface area is 273 Å². The van der Waals surface area contributed by atoms with Crippen LogP contribution in [0, 0.1) is 5.92 Å². The Morgan fingerprint density at radius 2 is 1.27 bits per heavy atom. The molecule has 2 rings (SSSR count). The van der Waals surface area contributed by atoms with Crippen LogP contribution < -0.4 is 9.47 Å². The molecule has 1 aromatic rings. The highest BCUT2D eigenvalue weighted by molar-refractivity contribution is 5.69. The van der Waals surface area contributed by atoms with E-state index in [2.05, 4.69) is 68.0 Å². The summed E-state index contributed by atoms with van der Waals surface area (Å²) in [6.07, 6.45) is 6.42. The Hall–Kier alpha value is -2.84. The molecule has 8 heteroatoms. The number of aryl methyl sites for hydroxylation is 1. The first-order chi connectivity index (χ1) is 21.5. The Morgan fingerprint density at radius 1 is 0.800 bits per heavy atom. The average Bonchev–Trinajstić information content (AvgIpc) is 3.03. The van der Waals surface area contributed by atoms with Crippen molar-refractivity contribution in [1.82, 2.24) is 0 Å². The Kier molecular flexibility index (Phi) is 15.6. The van der Waals surface area contributed by atoms with Gasteiger partial charge in [-0.2, -0.15) is 0 Å². The number of nitrogens with zero attached hydrogens (tertiary/aromatic N) is 2. The summed E-state index contributed by atoms with van der Waals surface area (Å²) in [6.45, 7) is 28.7. The van der Waals surface area contributed by atoms with Gasteiger partial charge in [-0.1, -0.05) is 43.6 Å². The quantitative estimate of drug-likeness (QED) is 0.0402.